The molecule has 0 aliphatic carbocycles. The van der Waals surface area contributed by atoms with Crippen LogP contribution in [-0.4, -0.2) is 11.9 Å². The summed E-state index contributed by atoms with van der Waals surface area (Å²) in [7, 11) is 0. The summed E-state index contributed by atoms with van der Waals surface area (Å²) in [4.78, 5) is 20.3. The standard InChI is InChI=1S/C5H3O3.Y/c1-3-2-4(6)8-5(3)7;/h1H3;/q-1;. The van der Waals surface area contributed by atoms with Crippen molar-refractivity contribution < 1.29 is 47.0 Å². The zero-order valence-electron chi connectivity index (χ0n) is 4.80. The third-order valence-electron chi connectivity index (χ3n) is 0.781. The molecule has 0 atom stereocenters. The number of carbonyl (C=O) groups excluding carboxylic acids is 2. The molecule has 1 radical (unpaired) electrons. The van der Waals surface area contributed by atoms with Crippen LogP contribution in [0.3, 0.4) is 0 Å². The molecule has 0 fully saturated rings. The zero-order valence-corrected chi connectivity index (χ0v) is 7.64. The number of esters is 2. The normalized spacial score (nSPS) is 16.3. The van der Waals surface area contributed by atoms with Crippen LogP contribution in [0.4, 0.5) is 0 Å². The fourth-order valence-electron chi connectivity index (χ4n) is 0.390. The summed E-state index contributed by atoms with van der Waals surface area (Å²) in [5, 5.41) is 0. The molecule has 0 saturated heterocycles. The molecule has 4 heteroatoms. The average molecular weight is 200 g/mol. The molecule has 0 aromatic rings. The van der Waals surface area contributed by atoms with E-state index in [1.807, 2.05) is 0 Å². The van der Waals surface area contributed by atoms with E-state index < -0.39 is 11.9 Å². The van der Waals surface area contributed by atoms with Crippen molar-refractivity contribution in [3.05, 3.63) is 11.6 Å². The van der Waals surface area contributed by atoms with Crippen LogP contribution in [0.25, 0.3) is 0 Å². The van der Waals surface area contributed by atoms with E-state index in [0.29, 0.717) is 0 Å². The third-order valence-corrected chi connectivity index (χ3v) is 0.781. The minimum Gasteiger partial charge on any atom is -0.495 e. The van der Waals surface area contributed by atoms with Crippen LogP contribution in [0.15, 0.2) is 5.57 Å². The minimum atomic E-state index is -0.688. The second-order valence-corrected chi connectivity index (χ2v) is 1.43. The van der Waals surface area contributed by atoms with Gasteiger partial charge in [-0.25, -0.2) is 0 Å². The first kappa shape index (κ1) is 8.98. The molecule has 0 amide bonds. The first-order valence-corrected chi connectivity index (χ1v) is 2.07. The molecule has 0 aromatic heterocycles. The van der Waals surface area contributed by atoms with E-state index in [2.05, 4.69) is 10.8 Å². The van der Waals surface area contributed by atoms with E-state index in [9.17, 15) is 9.59 Å². The van der Waals surface area contributed by atoms with Crippen LogP contribution < -0.4 is 0 Å². The van der Waals surface area contributed by atoms with Crippen molar-refractivity contribution in [3.63, 3.8) is 0 Å². The largest absolute Gasteiger partial charge is 0.495 e. The Balaban J connectivity index is 0.000000640. The van der Waals surface area contributed by atoms with Crippen molar-refractivity contribution in [2.45, 2.75) is 6.92 Å². The van der Waals surface area contributed by atoms with E-state index in [4.69, 9.17) is 0 Å². The molecule has 1 aliphatic heterocycles. The van der Waals surface area contributed by atoms with Gasteiger partial charge in [-0.3, -0.25) is 4.79 Å². The summed E-state index contributed by atoms with van der Waals surface area (Å²) in [6.45, 7) is 1.48. The molecule has 0 aromatic carbocycles. The molecule has 1 heterocycles. The summed E-state index contributed by atoms with van der Waals surface area (Å²) in [5.41, 5.74) is 0.245. The van der Waals surface area contributed by atoms with Gasteiger partial charge in [0.1, 0.15) is 0 Å². The van der Waals surface area contributed by atoms with Gasteiger partial charge in [0.05, 0.1) is 0 Å². The maximum atomic E-state index is 10.2. The topological polar surface area (TPSA) is 43.4 Å². The monoisotopic (exact) mass is 200 g/mol. The van der Waals surface area contributed by atoms with Gasteiger partial charge in [0, 0.05) is 32.7 Å². The van der Waals surface area contributed by atoms with Crippen molar-refractivity contribution in [2.75, 3.05) is 0 Å². The number of hydrogen-bond acceptors (Lipinski definition) is 3. The van der Waals surface area contributed by atoms with Gasteiger partial charge >= 0.3 is 0 Å². The maximum Gasteiger partial charge on any atom is 0.228 e. The Kier molecular flexibility index (Phi) is 3.22. The third kappa shape index (κ3) is 1.99. The molecule has 45 valence electrons. The van der Waals surface area contributed by atoms with Crippen molar-refractivity contribution in [2.24, 2.45) is 0 Å². The molecule has 0 spiro atoms. The quantitative estimate of drug-likeness (QED) is 0.309. The zero-order chi connectivity index (χ0) is 6.15. The van der Waals surface area contributed by atoms with E-state index in [1.54, 1.807) is 0 Å². The van der Waals surface area contributed by atoms with E-state index >= 15 is 0 Å². The predicted octanol–water partition coefficient (Wildman–Crippen LogP) is -0.183. The van der Waals surface area contributed by atoms with E-state index in [1.165, 1.54) is 6.92 Å². The molecule has 0 saturated carbocycles. The molecule has 0 bridgehead atoms. The van der Waals surface area contributed by atoms with Crippen LogP contribution in [-0.2, 0) is 47.0 Å². The Labute approximate surface area is 77.3 Å². The summed E-state index contributed by atoms with van der Waals surface area (Å²) in [5.74, 6) is -1.28. The van der Waals surface area contributed by atoms with Gasteiger partial charge in [-0.05, 0) is 0 Å². The van der Waals surface area contributed by atoms with Gasteiger partial charge in [0.25, 0.3) is 0 Å². The summed E-state index contributed by atoms with van der Waals surface area (Å²) in [6.07, 6.45) is 2.17. The molecule has 9 heavy (non-hydrogen) atoms. The molecular formula is C5H3O3Y-. The number of cyclic esters (lactones) is 2. The summed E-state index contributed by atoms with van der Waals surface area (Å²) in [6, 6.07) is 0. The second-order valence-electron chi connectivity index (χ2n) is 1.43. The smallest absolute Gasteiger partial charge is 0.228 e. The van der Waals surface area contributed by atoms with Gasteiger partial charge in [-0.15, -0.1) is 5.57 Å². The van der Waals surface area contributed by atoms with Crippen molar-refractivity contribution in [1.29, 1.82) is 0 Å². The first-order chi connectivity index (χ1) is 3.70. The van der Waals surface area contributed by atoms with Crippen LogP contribution in [0.5, 0.6) is 0 Å². The Morgan fingerprint density at radius 2 is 2.00 bits per heavy atom. The van der Waals surface area contributed by atoms with Crippen LogP contribution in [0, 0.1) is 6.08 Å². The SMILES string of the molecule is CC1=[C-]C(=O)OC1=O.[Y]. The Morgan fingerprint density at radius 3 is 2.11 bits per heavy atom. The van der Waals surface area contributed by atoms with Gasteiger partial charge in [-0.1, -0.05) is 6.92 Å². The van der Waals surface area contributed by atoms with Gasteiger partial charge in [0.15, 0.2) is 5.97 Å². The molecule has 0 N–H and O–H groups in total. The Hall–Kier alpha value is -0.0161. The number of rotatable bonds is 0. The first-order valence-electron chi connectivity index (χ1n) is 2.07. The molecule has 0 unspecified atom stereocenters. The van der Waals surface area contributed by atoms with Crippen molar-refractivity contribution in [3.8, 4) is 0 Å². The summed E-state index contributed by atoms with van der Waals surface area (Å²) < 4.78 is 4.05. The van der Waals surface area contributed by atoms with Gasteiger partial charge < -0.3 is 9.53 Å². The number of hydrogen-bond donors (Lipinski definition) is 0. The summed E-state index contributed by atoms with van der Waals surface area (Å²) >= 11 is 0. The van der Waals surface area contributed by atoms with Gasteiger partial charge in [0.2, 0.25) is 5.97 Å². The Bertz CT molecular complexity index is 183. The van der Waals surface area contributed by atoms with Crippen molar-refractivity contribution in [1.82, 2.24) is 0 Å². The number of carbonyl (C=O) groups is 2. The fraction of sp³-hybridized carbons (Fsp3) is 0.200. The second kappa shape index (κ2) is 3.23. The average Bonchev–Trinajstić information content (AvgIpc) is 1.85. The van der Waals surface area contributed by atoms with Gasteiger partial charge in [-0.2, -0.15) is 6.08 Å². The van der Waals surface area contributed by atoms with Crippen LogP contribution in [0.2, 0.25) is 0 Å². The predicted molar refractivity (Wildman–Crippen MR) is 23.5 cm³/mol. The molecule has 3 nitrogen and oxygen atoms in total. The van der Waals surface area contributed by atoms with Crippen molar-refractivity contribution >= 4 is 11.9 Å². The van der Waals surface area contributed by atoms with Crippen LogP contribution >= 0.6 is 0 Å². The number of ether oxygens (including phenoxy) is 1. The van der Waals surface area contributed by atoms with Crippen LogP contribution in [0.1, 0.15) is 6.92 Å². The molecular weight excluding hydrogens is 197 g/mol. The van der Waals surface area contributed by atoms with E-state index in [-0.39, 0.29) is 38.3 Å². The van der Waals surface area contributed by atoms with E-state index in [0.717, 1.165) is 0 Å². The Morgan fingerprint density at radius 1 is 1.44 bits per heavy atom. The minimum absolute atomic E-state index is 0. The fourth-order valence-corrected chi connectivity index (χ4v) is 0.390. The molecule has 1 rings (SSSR count). The maximum absolute atomic E-state index is 10.2. The molecule has 1 aliphatic rings.